The molecule has 2 aromatic rings. The lowest BCUT2D eigenvalue weighted by atomic mass is 10.2. The van der Waals surface area contributed by atoms with Gasteiger partial charge in [-0.1, -0.05) is 29.8 Å². The molecule has 2 aromatic carbocycles. The molecule has 0 saturated carbocycles. The van der Waals surface area contributed by atoms with Crippen LogP contribution in [0.4, 0.5) is 5.69 Å². The van der Waals surface area contributed by atoms with Crippen LogP contribution in [0.25, 0.3) is 0 Å². The lowest BCUT2D eigenvalue weighted by Gasteiger charge is -2.31. The van der Waals surface area contributed by atoms with E-state index in [0.29, 0.717) is 31.7 Å². The highest BCUT2D eigenvalue weighted by Gasteiger charge is 2.31. The Morgan fingerprint density at radius 3 is 2.55 bits per heavy atom. The smallest absolute Gasteiger partial charge is 0.295 e. The Morgan fingerprint density at radius 2 is 1.90 bits per heavy atom. The van der Waals surface area contributed by atoms with Gasteiger partial charge < -0.3 is 4.90 Å². The topological polar surface area (TPSA) is 126 Å². The van der Waals surface area contributed by atoms with Crippen molar-refractivity contribution < 1.29 is 23.0 Å². The van der Waals surface area contributed by atoms with E-state index >= 15 is 0 Å². The second-order valence-corrected chi connectivity index (χ2v) is 9.23. The summed E-state index contributed by atoms with van der Waals surface area (Å²) in [5.74, 6) is -0.313. The summed E-state index contributed by atoms with van der Waals surface area (Å²) in [7, 11) is -3.54. The first-order valence-electron chi connectivity index (χ1n) is 9.72. The van der Waals surface area contributed by atoms with Crippen molar-refractivity contribution >= 4 is 27.8 Å². The number of nitrogens with zero attached hydrogens (tertiary/aromatic N) is 3. The normalized spacial score (nSPS) is 15.8. The molecule has 0 spiro atoms. The van der Waals surface area contributed by atoms with Crippen molar-refractivity contribution in [3.05, 3.63) is 69.8 Å². The van der Waals surface area contributed by atoms with Gasteiger partial charge in [-0.15, -0.1) is 0 Å². The molecule has 3 rings (SSSR count). The Balaban J connectivity index is 1.48. The number of non-ortho nitro benzene ring substituents is 1. The number of benzene rings is 2. The number of nitro groups is 1. The van der Waals surface area contributed by atoms with Crippen LogP contribution in [0.1, 0.15) is 11.1 Å². The summed E-state index contributed by atoms with van der Waals surface area (Å²) in [5, 5.41) is 14.6. The lowest BCUT2D eigenvalue weighted by molar-refractivity contribution is -0.895. The van der Waals surface area contributed by atoms with Crippen molar-refractivity contribution in [2.75, 3.05) is 32.7 Å². The van der Waals surface area contributed by atoms with E-state index in [2.05, 4.69) is 10.5 Å². The predicted octanol–water partition coefficient (Wildman–Crippen LogP) is -0.0573. The fourth-order valence-electron chi connectivity index (χ4n) is 3.24. The summed E-state index contributed by atoms with van der Waals surface area (Å²) in [4.78, 5) is 23.6. The van der Waals surface area contributed by atoms with Crippen molar-refractivity contribution in [2.45, 2.75) is 11.8 Å². The number of quaternary nitrogens is 1. The number of aryl methyl sites for hydroxylation is 1. The van der Waals surface area contributed by atoms with Crippen molar-refractivity contribution in [3.8, 4) is 0 Å². The van der Waals surface area contributed by atoms with Crippen molar-refractivity contribution in [3.63, 3.8) is 0 Å². The molecule has 1 heterocycles. The number of piperazine rings is 1. The maximum atomic E-state index is 12.7. The predicted molar refractivity (Wildman–Crippen MR) is 114 cm³/mol. The molecule has 0 bridgehead atoms. The molecule has 0 aromatic heterocycles. The van der Waals surface area contributed by atoms with Crippen LogP contribution in [0.2, 0.25) is 0 Å². The molecule has 1 aliphatic heterocycles. The molecular formula is C20H24N5O5S+. The average Bonchev–Trinajstić information content (AvgIpc) is 2.74. The highest BCUT2D eigenvalue weighted by Crippen LogP contribution is 2.16. The number of rotatable bonds is 7. The Labute approximate surface area is 180 Å². The molecule has 31 heavy (non-hydrogen) atoms. The van der Waals surface area contributed by atoms with Gasteiger partial charge >= 0.3 is 0 Å². The van der Waals surface area contributed by atoms with Crippen LogP contribution in [0.15, 0.2) is 58.5 Å². The Morgan fingerprint density at radius 1 is 1.23 bits per heavy atom. The van der Waals surface area contributed by atoms with Crippen LogP contribution in [-0.2, 0) is 14.8 Å². The van der Waals surface area contributed by atoms with Crippen LogP contribution in [0, 0.1) is 17.0 Å². The van der Waals surface area contributed by atoms with E-state index in [1.165, 1.54) is 28.7 Å². The zero-order chi connectivity index (χ0) is 22.4. The number of carbonyl (C=O) groups excluding carboxylic acids is 1. The molecule has 164 valence electrons. The molecule has 1 fully saturated rings. The maximum Gasteiger partial charge on any atom is 0.295 e. The Kier molecular flexibility index (Phi) is 7.10. The number of hydrazone groups is 1. The largest absolute Gasteiger partial charge is 0.325 e. The van der Waals surface area contributed by atoms with Gasteiger partial charge in [-0.3, -0.25) is 14.9 Å². The SMILES string of the molecule is Cc1ccc(S(=O)(=O)N2CC[NH+](CC(=O)NN=Cc3cccc([N+](=O)[O-])c3)CC2)cc1. The minimum atomic E-state index is -3.54. The van der Waals surface area contributed by atoms with Crippen molar-refractivity contribution in [1.82, 2.24) is 9.73 Å². The van der Waals surface area contributed by atoms with Gasteiger partial charge in [0.1, 0.15) is 0 Å². The van der Waals surface area contributed by atoms with Gasteiger partial charge in [0.2, 0.25) is 10.0 Å². The zero-order valence-electron chi connectivity index (χ0n) is 17.0. The van der Waals surface area contributed by atoms with Crippen molar-refractivity contribution in [2.24, 2.45) is 5.10 Å². The molecule has 0 unspecified atom stereocenters. The minimum absolute atomic E-state index is 0.0572. The van der Waals surface area contributed by atoms with E-state index in [1.807, 2.05) is 6.92 Å². The summed E-state index contributed by atoms with van der Waals surface area (Å²) in [6.07, 6.45) is 1.34. The summed E-state index contributed by atoms with van der Waals surface area (Å²) < 4.78 is 26.9. The molecule has 1 saturated heterocycles. The molecule has 1 aliphatic rings. The Hall–Kier alpha value is -3.15. The second kappa shape index (κ2) is 9.77. The number of sulfonamides is 1. The molecule has 11 heteroatoms. The van der Waals surface area contributed by atoms with E-state index in [9.17, 15) is 23.3 Å². The lowest BCUT2D eigenvalue weighted by Crippen LogP contribution is -3.15. The van der Waals surface area contributed by atoms with Crippen LogP contribution in [-0.4, -0.2) is 62.5 Å². The fraction of sp³-hybridized carbons (Fsp3) is 0.300. The van der Waals surface area contributed by atoms with E-state index in [0.717, 1.165) is 10.5 Å². The van der Waals surface area contributed by atoms with Gasteiger partial charge in [0, 0.05) is 17.7 Å². The average molecular weight is 447 g/mol. The first-order valence-corrected chi connectivity index (χ1v) is 11.2. The maximum absolute atomic E-state index is 12.7. The standard InChI is InChI=1S/C20H23N5O5S/c1-16-5-7-19(8-6-16)31(29,30)24-11-9-23(10-12-24)15-20(26)22-21-14-17-3-2-4-18(13-17)25(27)28/h2-8,13-14H,9-12,15H2,1H3,(H,22,26)/p+1. The third-order valence-electron chi connectivity index (χ3n) is 4.98. The number of hydrogen-bond acceptors (Lipinski definition) is 6. The third kappa shape index (κ3) is 5.94. The molecule has 0 radical (unpaired) electrons. The summed E-state index contributed by atoms with van der Waals surface area (Å²) in [6, 6.07) is 12.7. The van der Waals surface area contributed by atoms with Crippen LogP contribution in [0.3, 0.4) is 0 Å². The molecule has 2 N–H and O–H groups in total. The monoisotopic (exact) mass is 446 g/mol. The first-order chi connectivity index (χ1) is 14.8. The Bertz CT molecular complexity index is 1080. The first kappa shape index (κ1) is 22.5. The molecule has 10 nitrogen and oxygen atoms in total. The number of amides is 1. The van der Waals surface area contributed by atoms with E-state index in [4.69, 9.17) is 0 Å². The molecule has 1 amide bonds. The number of hydrogen-bond donors (Lipinski definition) is 2. The van der Waals surface area contributed by atoms with Gasteiger partial charge in [-0.25, -0.2) is 13.8 Å². The van der Waals surface area contributed by atoms with Gasteiger partial charge in [0.15, 0.2) is 6.54 Å². The quantitative estimate of drug-likeness (QED) is 0.350. The molecule has 0 aliphatic carbocycles. The summed E-state index contributed by atoms with van der Waals surface area (Å²) in [6.45, 7) is 3.73. The second-order valence-electron chi connectivity index (χ2n) is 7.29. The van der Waals surface area contributed by atoms with E-state index < -0.39 is 14.9 Å². The molecule has 0 atom stereocenters. The van der Waals surface area contributed by atoms with Crippen molar-refractivity contribution in [1.29, 1.82) is 0 Å². The number of carbonyl (C=O) groups is 1. The van der Waals surface area contributed by atoms with Crippen LogP contribution in [0.5, 0.6) is 0 Å². The van der Waals surface area contributed by atoms with Gasteiger partial charge in [0.25, 0.3) is 11.6 Å². The number of nitrogens with one attached hydrogen (secondary N) is 2. The van der Waals surface area contributed by atoms with Crippen LogP contribution >= 0.6 is 0 Å². The minimum Gasteiger partial charge on any atom is -0.325 e. The van der Waals surface area contributed by atoms with Gasteiger partial charge in [-0.05, 0) is 19.1 Å². The van der Waals surface area contributed by atoms with Crippen LogP contribution < -0.4 is 10.3 Å². The number of nitro benzene ring substituents is 1. The van der Waals surface area contributed by atoms with Gasteiger partial charge in [0.05, 0.1) is 42.2 Å². The van der Waals surface area contributed by atoms with E-state index in [-0.39, 0.29) is 23.0 Å². The summed E-state index contributed by atoms with van der Waals surface area (Å²) >= 11 is 0. The van der Waals surface area contributed by atoms with E-state index in [1.54, 1.807) is 30.3 Å². The third-order valence-corrected chi connectivity index (χ3v) is 6.90. The summed E-state index contributed by atoms with van der Waals surface area (Å²) in [5.41, 5.74) is 3.84. The van der Waals surface area contributed by atoms with Gasteiger partial charge in [-0.2, -0.15) is 9.41 Å². The fourth-order valence-corrected chi connectivity index (χ4v) is 4.68. The molecular weight excluding hydrogens is 422 g/mol. The zero-order valence-corrected chi connectivity index (χ0v) is 17.8. The highest BCUT2D eigenvalue weighted by atomic mass is 32.2. The highest BCUT2D eigenvalue weighted by molar-refractivity contribution is 7.89.